The SMILES string of the molecule is C=CC[C@@H]1[C@@H](C(C)(C)O)C(=O)N1C(C(=O)OCc1ccccc1)=P(c1ccccc1)(c1ccccc1)c1ccccc1. The van der Waals surface area contributed by atoms with E-state index in [1.54, 1.807) is 24.8 Å². The summed E-state index contributed by atoms with van der Waals surface area (Å²) in [5.41, 5.74) is -0.132. The number of benzene rings is 4. The van der Waals surface area contributed by atoms with Crippen molar-refractivity contribution in [3.8, 4) is 0 Å². The standard InChI is InChI=1S/C36H36NO4P/c1-4-17-31-32(36(2,3)40)33(38)37(31)34(35(39)41-26-27-18-9-5-10-19-27)42(28-20-11-6-12-21-28,29-22-13-7-14-23-29)30-24-15-8-16-25-30/h4-16,18-25,31-32,40H,1,17,26H2,2-3H3/t31-,32-/m1/s1. The Hall–Kier alpha value is -4.18. The maximum atomic E-state index is 14.7. The summed E-state index contributed by atoms with van der Waals surface area (Å²) in [4.78, 5) is 30.4. The zero-order valence-corrected chi connectivity index (χ0v) is 24.9. The average molecular weight is 578 g/mol. The van der Waals surface area contributed by atoms with E-state index in [2.05, 4.69) is 6.58 Å². The number of nitrogens with zero attached hydrogens (tertiary/aromatic N) is 1. The lowest BCUT2D eigenvalue weighted by molar-refractivity contribution is -0.165. The number of hydrogen-bond donors (Lipinski definition) is 1. The number of likely N-dealkylation sites (tertiary alicyclic amines) is 1. The molecule has 5 nitrogen and oxygen atoms in total. The summed E-state index contributed by atoms with van der Waals surface area (Å²) < 4.78 is 6.08. The van der Waals surface area contributed by atoms with E-state index >= 15 is 0 Å². The van der Waals surface area contributed by atoms with Crippen LogP contribution in [0.1, 0.15) is 25.8 Å². The third kappa shape index (κ3) is 5.38. The maximum Gasteiger partial charge on any atom is 0.356 e. The normalized spacial score (nSPS) is 16.8. The van der Waals surface area contributed by atoms with Crippen molar-refractivity contribution in [1.29, 1.82) is 0 Å². The summed E-state index contributed by atoms with van der Waals surface area (Å²) in [7, 11) is 0. The van der Waals surface area contributed by atoms with Gasteiger partial charge in [0, 0.05) is 6.89 Å². The second kappa shape index (κ2) is 12.4. The Bertz CT molecular complexity index is 1490. The molecule has 2 atom stereocenters. The lowest BCUT2D eigenvalue weighted by Crippen LogP contribution is -2.70. The van der Waals surface area contributed by atoms with Crippen molar-refractivity contribution in [1.82, 2.24) is 4.90 Å². The Morgan fingerprint density at radius 1 is 0.833 bits per heavy atom. The van der Waals surface area contributed by atoms with Crippen LogP contribution in [0, 0.1) is 5.92 Å². The van der Waals surface area contributed by atoms with Gasteiger partial charge in [-0.25, -0.2) is 4.79 Å². The van der Waals surface area contributed by atoms with Gasteiger partial charge in [-0.3, -0.25) is 4.79 Å². The highest BCUT2D eigenvalue weighted by atomic mass is 31.2. The third-order valence-electron chi connectivity index (χ3n) is 7.76. The van der Waals surface area contributed by atoms with Crippen LogP contribution in [0.2, 0.25) is 0 Å². The van der Waals surface area contributed by atoms with Gasteiger partial charge < -0.3 is 14.7 Å². The molecule has 1 aliphatic rings. The van der Waals surface area contributed by atoms with E-state index in [0.29, 0.717) is 11.8 Å². The van der Waals surface area contributed by atoms with Gasteiger partial charge in [0.25, 0.3) is 0 Å². The Morgan fingerprint density at radius 3 is 1.67 bits per heavy atom. The van der Waals surface area contributed by atoms with E-state index in [1.807, 2.05) is 121 Å². The molecule has 1 N–H and O–H groups in total. The van der Waals surface area contributed by atoms with Gasteiger partial charge >= 0.3 is 5.97 Å². The fraction of sp³-hybridized carbons (Fsp3) is 0.194. The minimum atomic E-state index is -3.01. The van der Waals surface area contributed by atoms with Gasteiger partial charge in [0.1, 0.15) is 12.0 Å². The molecule has 1 heterocycles. The number of carbonyl (C=O) groups is 2. The van der Waals surface area contributed by atoms with Crippen LogP contribution in [0.4, 0.5) is 0 Å². The molecule has 5 rings (SSSR count). The van der Waals surface area contributed by atoms with Crippen LogP contribution in [-0.4, -0.2) is 38.9 Å². The van der Waals surface area contributed by atoms with Gasteiger partial charge in [0.2, 0.25) is 5.91 Å². The molecular formula is C36H36NO4P. The van der Waals surface area contributed by atoms with Crippen molar-refractivity contribution in [3.63, 3.8) is 0 Å². The van der Waals surface area contributed by atoms with Gasteiger partial charge in [-0.15, -0.1) is 6.58 Å². The zero-order chi connectivity index (χ0) is 29.7. The molecule has 4 aromatic carbocycles. The Kier molecular flexibility index (Phi) is 8.63. The van der Waals surface area contributed by atoms with E-state index in [1.165, 1.54) is 0 Å². The number of esters is 1. The van der Waals surface area contributed by atoms with E-state index in [9.17, 15) is 14.7 Å². The molecule has 6 heteroatoms. The van der Waals surface area contributed by atoms with Crippen LogP contribution in [0.5, 0.6) is 0 Å². The molecule has 42 heavy (non-hydrogen) atoms. The van der Waals surface area contributed by atoms with Crippen LogP contribution < -0.4 is 15.9 Å². The van der Waals surface area contributed by atoms with E-state index < -0.39 is 30.4 Å². The fourth-order valence-corrected chi connectivity index (χ4v) is 10.3. The first-order valence-electron chi connectivity index (χ1n) is 14.1. The first-order valence-corrected chi connectivity index (χ1v) is 15.9. The van der Waals surface area contributed by atoms with Crippen LogP contribution in [0.15, 0.2) is 134 Å². The molecule has 1 fully saturated rings. The summed E-state index contributed by atoms with van der Waals surface area (Å²) in [5, 5.41) is 13.8. The summed E-state index contributed by atoms with van der Waals surface area (Å²) in [6, 6.07) is 38.8. The highest BCUT2D eigenvalue weighted by Gasteiger charge is 2.57. The Labute approximate surface area is 248 Å². The van der Waals surface area contributed by atoms with Crippen molar-refractivity contribution in [2.45, 2.75) is 38.5 Å². The minimum absolute atomic E-state index is 0.0601. The second-order valence-electron chi connectivity index (χ2n) is 11.0. The van der Waals surface area contributed by atoms with Gasteiger partial charge in [0.05, 0.1) is 17.6 Å². The Morgan fingerprint density at radius 2 is 1.26 bits per heavy atom. The summed E-state index contributed by atoms with van der Waals surface area (Å²) >= 11 is 0. The number of carbonyl (C=O) groups excluding carboxylic acids is 2. The molecule has 0 unspecified atom stereocenters. The fourth-order valence-electron chi connectivity index (χ4n) is 5.94. The van der Waals surface area contributed by atoms with Crippen molar-refractivity contribution in [3.05, 3.63) is 140 Å². The molecule has 0 spiro atoms. The predicted molar refractivity (Wildman–Crippen MR) is 172 cm³/mol. The smallest absolute Gasteiger partial charge is 0.356 e. The summed E-state index contributed by atoms with van der Waals surface area (Å²) in [5.74, 6) is -1.55. The number of amides is 1. The lowest BCUT2D eigenvalue weighted by atomic mass is 9.74. The molecule has 1 aliphatic heterocycles. The molecule has 4 aromatic rings. The molecule has 0 saturated carbocycles. The molecular weight excluding hydrogens is 541 g/mol. The number of β-lactam (4-membered cyclic amide) rings is 1. The molecule has 0 radical (unpaired) electrons. The Balaban J connectivity index is 1.88. The van der Waals surface area contributed by atoms with Crippen molar-refractivity contribution in [2.24, 2.45) is 5.92 Å². The van der Waals surface area contributed by atoms with Gasteiger partial charge in [-0.1, -0.05) is 127 Å². The monoisotopic (exact) mass is 577 g/mol. The van der Waals surface area contributed by atoms with Crippen LogP contribution in [0.3, 0.4) is 0 Å². The largest absolute Gasteiger partial charge is 0.456 e. The highest BCUT2D eigenvalue weighted by Crippen LogP contribution is 2.50. The van der Waals surface area contributed by atoms with Crippen molar-refractivity contribution in [2.75, 3.05) is 0 Å². The number of hydrogen-bond acceptors (Lipinski definition) is 4. The van der Waals surface area contributed by atoms with Crippen LogP contribution in [0.25, 0.3) is 0 Å². The molecule has 1 saturated heterocycles. The lowest BCUT2D eigenvalue weighted by Gasteiger charge is -2.53. The molecule has 1 amide bonds. The van der Waals surface area contributed by atoms with E-state index in [-0.39, 0.29) is 12.5 Å². The van der Waals surface area contributed by atoms with Gasteiger partial charge in [-0.2, -0.15) is 0 Å². The quantitative estimate of drug-likeness (QED) is 0.124. The number of ether oxygens (including phenoxy) is 1. The van der Waals surface area contributed by atoms with E-state index in [0.717, 1.165) is 21.5 Å². The molecule has 0 aromatic heterocycles. The molecule has 0 bridgehead atoms. The minimum Gasteiger partial charge on any atom is -0.456 e. The van der Waals surface area contributed by atoms with Crippen molar-refractivity contribution < 1.29 is 19.4 Å². The molecule has 0 aliphatic carbocycles. The highest BCUT2D eigenvalue weighted by molar-refractivity contribution is 7.96. The predicted octanol–water partition coefficient (Wildman–Crippen LogP) is 5.03. The average Bonchev–Trinajstić information content (AvgIpc) is 3.01. The van der Waals surface area contributed by atoms with Gasteiger partial charge in [-0.05, 0) is 41.7 Å². The number of aliphatic hydroxyl groups is 1. The number of rotatable bonds is 10. The van der Waals surface area contributed by atoms with E-state index in [4.69, 9.17) is 4.74 Å². The maximum absolute atomic E-state index is 14.7. The third-order valence-corrected chi connectivity index (χ3v) is 12.0. The summed E-state index contributed by atoms with van der Waals surface area (Å²) in [6.45, 7) is 4.28. The second-order valence-corrected chi connectivity index (χ2v) is 14.3. The van der Waals surface area contributed by atoms with Crippen LogP contribution >= 0.6 is 6.89 Å². The first-order chi connectivity index (χ1) is 20.3. The molecule has 214 valence electrons. The van der Waals surface area contributed by atoms with Crippen molar-refractivity contribution >= 4 is 40.1 Å². The first kappa shape index (κ1) is 29.3. The van der Waals surface area contributed by atoms with Crippen LogP contribution in [-0.2, 0) is 20.9 Å². The zero-order valence-electron chi connectivity index (χ0n) is 24.0. The van der Waals surface area contributed by atoms with Gasteiger partial charge in [0.15, 0.2) is 0 Å². The topological polar surface area (TPSA) is 66.8 Å². The summed E-state index contributed by atoms with van der Waals surface area (Å²) in [6.07, 6.45) is 2.15.